The molecule has 3 N–H and O–H groups in total. The summed E-state index contributed by atoms with van der Waals surface area (Å²) in [4.78, 5) is 3.91. The van der Waals surface area contributed by atoms with Crippen LogP contribution in [0.5, 0.6) is 0 Å². The molecule has 0 fully saturated rings. The van der Waals surface area contributed by atoms with E-state index in [0.717, 1.165) is 10.0 Å². The van der Waals surface area contributed by atoms with Gasteiger partial charge in [0.05, 0.1) is 4.47 Å². The maximum Gasteiger partial charge on any atom is 0.137 e. The van der Waals surface area contributed by atoms with Gasteiger partial charge in [0.2, 0.25) is 0 Å². The van der Waals surface area contributed by atoms with Crippen LogP contribution in [-0.2, 0) is 0 Å². The lowest BCUT2D eigenvalue weighted by atomic mass is 10.1. The van der Waals surface area contributed by atoms with Gasteiger partial charge < -0.3 is 11.1 Å². The van der Waals surface area contributed by atoms with Gasteiger partial charge >= 0.3 is 0 Å². The van der Waals surface area contributed by atoms with Crippen molar-refractivity contribution < 1.29 is 0 Å². The molecule has 0 aliphatic carbocycles. The Kier molecular flexibility index (Phi) is 2.60. The van der Waals surface area contributed by atoms with E-state index in [9.17, 15) is 0 Å². The van der Waals surface area contributed by atoms with Crippen LogP contribution in [-0.4, -0.2) is 11.2 Å². The number of nitrogen functional groups attached to an aromatic ring is 1. The normalized spacial score (nSPS) is 9.42. The van der Waals surface area contributed by atoms with E-state index < -0.39 is 0 Å². The molecule has 0 unspecified atom stereocenters. The summed E-state index contributed by atoms with van der Waals surface area (Å²) in [5.74, 6) is 0.441. The Hall–Kier alpha value is -1.16. The molecule has 0 aliphatic heterocycles. The zero-order valence-electron chi connectivity index (χ0n) is 6.34. The number of allylic oxidation sites excluding steroid dienone is 1. The van der Waals surface area contributed by atoms with Gasteiger partial charge in [-0.1, -0.05) is 6.58 Å². The quantitative estimate of drug-likeness (QED) is 0.758. The maximum atomic E-state index is 6.97. The molecular weight excluding hydrogens is 218 g/mol. The Morgan fingerprint density at radius 2 is 2.42 bits per heavy atom. The average molecular weight is 226 g/mol. The molecule has 1 aromatic heterocycles. The van der Waals surface area contributed by atoms with E-state index in [2.05, 4.69) is 27.5 Å². The maximum absolute atomic E-state index is 6.97. The molecule has 1 heterocycles. The number of aromatic nitrogens is 1. The number of hydrogen-bond acceptors (Lipinski definition) is 3. The summed E-state index contributed by atoms with van der Waals surface area (Å²) >= 11 is 3.24. The number of pyridine rings is 1. The summed E-state index contributed by atoms with van der Waals surface area (Å²) in [5.41, 5.74) is 6.90. The summed E-state index contributed by atoms with van der Waals surface area (Å²) < 4.78 is 0.725. The molecule has 0 saturated carbocycles. The van der Waals surface area contributed by atoms with Crippen molar-refractivity contribution in [2.45, 2.75) is 0 Å². The highest BCUT2D eigenvalue weighted by atomic mass is 79.9. The third-order valence-corrected chi connectivity index (χ3v) is 2.05. The number of nitrogens with two attached hydrogens (primary N) is 1. The number of hydrogen-bond donors (Lipinski definition) is 2. The Morgan fingerprint density at radius 3 is 2.92 bits per heavy atom. The van der Waals surface area contributed by atoms with Gasteiger partial charge in [0.1, 0.15) is 5.82 Å². The van der Waals surface area contributed by atoms with E-state index in [-0.39, 0.29) is 0 Å². The first kappa shape index (κ1) is 8.93. The van der Waals surface area contributed by atoms with Crippen molar-refractivity contribution in [3.05, 3.63) is 28.9 Å². The SMILES string of the molecule is C=C(C=N)c1cnc(N)c(Br)c1. The Labute approximate surface area is 78.9 Å². The van der Waals surface area contributed by atoms with Gasteiger partial charge in [0.25, 0.3) is 0 Å². The zero-order chi connectivity index (χ0) is 9.14. The lowest BCUT2D eigenvalue weighted by Crippen LogP contribution is -1.93. The average Bonchev–Trinajstić information content (AvgIpc) is 2.08. The minimum atomic E-state index is 0.441. The van der Waals surface area contributed by atoms with Crippen molar-refractivity contribution >= 4 is 33.5 Å². The van der Waals surface area contributed by atoms with Crippen LogP contribution in [0.4, 0.5) is 5.82 Å². The van der Waals surface area contributed by atoms with Crippen LogP contribution in [0.3, 0.4) is 0 Å². The van der Waals surface area contributed by atoms with Crippen LogP contribution < -0.4 is 5.73 Å². The molecule has 0 radical (unpaired) electrons. The van der Waals surface area contributed by atoms with E-state index in [4.69, 9.17) is 11.1 Å². The number of nitrogens with one attached hydrogen (secondary N) is 1. The van der Waals surface area contributed by atoms with Crippen molar-refractivity contribution in [1.29, 1.82) is 5.41 Å². The zero-order valence-corrected chi connectivity index (χ0v) is 7.93. The molecule has 0 amide bonds. The fraction of sp³-hybridized carbons (Fsp3) is 0. The van der Waals surface area contributed by atoms with Crippen molar-refractivity contribution in [2.24, 2.45) is 0 Å². The van der Waals surface area contributed by atoms with Crippen molar-refractivity contribution in [3.63, 3.8) is 0 Å². The second-order valence-electron chi connectivity index (χ2n) is 2.26. The lowest BCUT2D eigenvalue weighted by Gasteiger charge is -2.01. The molecule has 0 saturated heterocycles. The molecule has 12 heavy (non-hydrogen) atoms. The number of anilines is 1. The van der Waals surface area contributed by atoms with Gasteiger partial charge in [-0.25, -0.2) is 4.98 Å². The van der Waals surface area contributed by atoms with E-state index in [1.165, 1.54) is 6.21 Å². The highest BCUT2D eigenvalue weighted by molar-refractivity contribution is 9.10. The Morgan fingerprint density at radius 1 is 1.75 bits per heavy atom. The van der Waals surface area contributed by atoms with Gasteiger partial charge in [-0.15, -0.1) is 0 Å². The summed E-state index contributed by atoms with van der Waals surface area (Å²) in [7, 11) is 0. The number of halogens is 1. The third kappa shape index (κ3) is 1.71. The second-order valence-corrected chi connectivity index (χ2v) is 3.11. The fourth-order valence-electron chi connectivity index (χ4n) is 0.707. The molecule has 3 nitrogen and oxygen atoms in total. The minimum absolute atomic E-state index is 0.441. The second kappa shape index (κ2) is 3.49. The monoisotopic (exact) mass is 225 g/mol. The molecule has 1 rings (SSSR count). The van der Waals surface area contributed by atoms with Gasteiger partial charge in [-0.05, 0) is 27.6 Å². The molecule has 62 valence electrons. The highest BCUT2D eigenvalue weighted by Gasteiger charge is 2.00. The molecule has 0 spiro atoms. The molecule has 0 bridgehead atoms. The topological polar surface area (TPSA) is 62.8 Å². The van der Waals surface area contributed by atoms with Gasteiger partial charge in [0.15, 0.2) is 0 Å². The number of rotatable bonds is 2. The van der Waals surface area contributed by atoms with Gasteiger partial charge in [-0.3, -0.25) is 0 Å². The third-order valence-electron chi connectivity index (χ3n) is 1.41. The number of nitrogens with zero attached hydrogens (tertiary/aromatic N) is 1. The first-order chi connectivity index (χ1) is 5.65. The fourth-order valence-corrected chi connectivity index (χ4v) is 1.06. The Bertz CT molecular complexity index is 333. The summed E-state index contributed by atoms with van der Waals surface area (Å²) in [6.07, 6.45) is 2.77. The predicted molar refractivity (Wildman–Crippen MR) is 54.2 cm³/mol. The first-order valence-corrected chi connectivity index (χ1v) is 4.05. The lowest BCUT2D eigenvalue weighted by molar-refractivity contribution is 1.30. The molecule has 1 aromatic rings. The van der Waals surface area contributed by atoms with Gasteiger partial charge in [0, 0.05) is 18.0 Å². The van der Waals surface area contributed by atoms with Crippen LogP contribution >= 0.6 is 15.9 Å². The van der Waals surface area contributed by atoms with Crippen LogP contribution in [0.25, 0.3) is 5.57 Å². The van der Waals surface area contributed by atoms with Crippen molar-refractivity contribution in [3.8, 4) is 0 Å². The summed E-state index contributed by atoms with van der Waals surface area (Å²) in [6.45, 7) is 3.67. The minimum Gasteiger partial charge on any atom is -0.383 e. The first-order valence-electron chi connectivity index (χ1n) is 3.26. The van der Waals surface area contributed by atoms with E-state index >= 15 is 0 Å². The Balaban J connectivity index is 3.13. The standard InChI is InChI=1S/C8H8BrN3/c1-5(3-10)6-2-7(9)8(11)12-4-6/h2-4,10H,1H2,(H2,11,12). The van der Waals surface area contributed by atoms with E-state index in [0.29, 0.717) is 11.4 Å². The molecule has 0 atom stereocenters. The van der Waals surface area contributed by atoms with Crippen molar-refractivity contribution in [1.82, 2.24) is 4.98 Å². The predicted octanol–water partition coefficient (Wildman–Crippen LogP) is 2.09. The van der Waals surface area contributed by atoms with Crippen LogP contribution in [0.15, 0.2) is 23.3 Å². The van der Waals surface area contributed by atoms with Gasteiger partial charge in [-0.2, -0.15) is 0 Å². The highest BCUT2D eigenvalue weighted by Crippen LogP contribution is 2.20. The molecular formula is C8H8BrN3. The summed E-state index contributed by atoms with van der Waals surface area (Å²) in [6, 6.07) is 1.79. The molecule has 0 aromatic carbocycles. The van der Waals surface area contributed by atoms with Crippen LogP contribution in [0.1, 0.15) is 5.56 Å². The van der Waals surface area contributed by atoms with E-state index in [1.807, 2.05) is 0 Å². The van der Waals surface area contributed by atoms with Crippen LogP contribution in [0, 0.1) is 5.41 Å². The van der Waals surface area contributed by atoms with Crippen LogP contribution in [0.2, 0.25) is 0 Å². The molecule has 4 heteroatoms. The van der Waals surface area contributed by atoms with Crippen molar-refractivity contribution in [2.75, 3.05) is 5.73 Å². The smallest absolute Gasteiger partial charge is 0.137 e. The molecule has 0 aliphatic rings. The summed E-state index contributed by atoms with van der Waals surface area (Å²) in [5, 5.41) is 6.97. The largest absolute Gasteiger partial charge is 0.383 e. The van der Waals surface area contributed by atoms with E-state index in [1.54, 1.807) is 12.3 Å².